The topological polar surface area (TPSA) is 61.7 Å². The van der Waals surface area contributed by atoms with Crippen molar-refractivity contribution in [3.8, 4) is 0 Å². The van der Waals surface area contributed by atoms with Gasteiger partial charge in [-0.1, -0.05) is 5.11 Å². The van der Waals surface area contributed by atoms with Crippen LogP contribution in [0.4, 0.5) is 0 Å². The van der Waals surface area contributed by atoms with Gasteiger partial charge in [0, 0.05) is 4.91 Å². The summed E-state index contributed by atoms with van der Waals surface area (Å²) in [5, 5.41) is 3.79. The Morgan fingerprint density at radius 3 is 2.33 bits per heavy atom. The summed E-state index contributed by atoms with van der Waals surface area (Å²) in [6, 6.07) is 0. The summed E-state index contributed by atoms with van der Waals surface area (Å²) < 4.78 is 0. The van der Waals surface area contributed by atoms with Gasteiger partial charge in [-0.25, -0.2) is 0 Å². The molecular weight excluding hydrogens is 194 g/mol. The molecule has 7 heteroatoms. The van der Waals surface area contributed by atoms with E-state index in [-0.39, 0.29) is 12.6 Å². The molecule has 0 bridgehead atoms. The van der Waals surface area contributed by atoms with Gasteiger partial charge >= 0.3 is 0 Å². The van der Waals surface area contributed by atoms with Crippen LogP contribution in [0.1, 0.15) is 0 Å². The number of hydrogen-bond acceptors (Lipinski definition) is 5. The van der Waals surface area contributed by atoms with Gasteiger partial charge in [-0.05, 0) is 40.8 Å². The molecule has 0 N–H and O–H groups in total. The van der Waals surface area contributed by atoms with Crippen molar-refractivity contribution in [2.24, 2.45) is 5.11 Å². The Bertz CT molecular complexity index is 260. The predicted molar refractivity (Wildman–Crippen MR) is 58.6 cm³/mol. The first-order valence-corrected chi connectivity index (χ1v) is 4.82. The van der Waals surface area contributed by atoms with Gasteiger partial charge in [0.25, 0.3) is 0 Å². The third-order valence-electron chi connectivity index (χ3n) is 2.58. The first-order valence-electron chi connectivity index (χ1n) is 4.82. The molecule has 1 saturated heterocycles. The Hall–Kier alpha value is -0.850. The normalized spacial score (nSPS) is 30.5. The van der Waals surface area contributed by atoms with Gasteiger partial charge in [-0.3, -0.25) is 19.6 Å². The second kappa shape index (κ2) is 4.78. The Morgan fingerprint density at radius 2 is 1.87 bits per heavy atom. The molecule has 0 radical (unpaired) electrons. The maximum atomic E-state index is 8.52. The van der Waals surface area contributed by atoms with Crippen LogP contribution in [-0.4, -0.2) is 74.1 Å². The minimum atomic E-state index is -0.224. The Morgan fingerprint density at radius 1 is 1.27 bits per heavy atom. The van der Waals surface area contributed by atoms with Crippen molar-refractivity contribution < 1.29 is 0 Å². The zero-order chi connectivity index (χ0) is 11.6. The first kappa shape index (κ1) is 12.2. The van der Waals surface area contributed by atoms with E-state index in [4.69, 9.17) is 5.53 Å². The summed E-state index contributed by atoms with van der Waals surface area (Å²) in [6.07, 6.45) is -0.0738. The van der Waals surface area contributed by atoms with Gasteiger partial charge in [-0.2, -0.15) is 0 Å². The highest BCUT2D eigenvalue weighted by atomic mass is 15.6. The van der Waals surface area contributed by atoms with Gasteiger partial charge in [0.05, 0.1) is 6.67 Å². The Balaban J connectivity index is 2.88. The molecule has 1 aliphatic heterocycles. The Kier molecular flexibility index (Phi) is 3.90. The van der Waals surface area contributed by atoms with E-state index in [1.807, 2.05) is 45.0 Å². The Labute approximate surface area is 90.5 Å². The van der Waals surface area contributed by atoms with Crippen molar-refractivity contribution >= 4 is 0 Å². The number of azide groups is 1. The zero-order valence-electron chi connectivity index (χ0n) is 9.99. The fraction of sp³-hybridized carbons (Fsp3) is 1.00. The summed E-state index contributed by atoms with van der Waals surface area (Å²) in [4.78, 5) is 11.2. The van der Waals surface area contributed by atoms with E-state index in [9.17, 15) is 0 Å². The molecule has 0 aromatic heterocycles. The van der Waals surface area contributed by atoms with Crippen LogP contribution in [-0.2, 0) is 0 Å². The van der Waals surface area contributed by atoms with E-state index in [0.717, 1.165) is 6.67 Å². The average molecular weight is 213 g/mol. The van der Waals surface area contributed by atoms with E-state index in [2.05, 4.69) is 19.8 Å². The van der Waals surface area contributed by atoms with Gasteiger partial charge in [0.2, 0.25) is 0 Å². The van der Waals surface area contributed by atoms with E-state index < -0.39 is 0 Å². The maximum Gasteiger partial charge on any atom is 0.146 e. The minimum absolute atomic E-state index is 0.150. The largest absolute Gasteiger partial charge is 0.282 e. The van der Waals surface area contributed by atoms with E-state index in [1.54, 1.807) is 0 Å². The summed E-state index contributed by atoms with van der Waals surface area (Å²) in [5.41, 5.74) is 8.52. The fourth-order valence-electron chi connectivity index (χ4n) is 2.21. The molecule has 7 nitrogen and oxygen atoms in total. The lowest BCUT2D eigenvalue weighted by molar-refractivity contribution is -0.146. The SMILES string of the molecule is CN(C)C1N(C)CN(C)C(N=[N+]=[N-])N1C. The average Bonchev–Trinajstić information content (AvgIpc) is 2.11. The molecule has 86 valence electrons. The van der Waals surface area contributed by atoms with Crippen LogP contribution in [0.2, 0.25) is 0 Å². The predicted octanol–water partition coefficient (Wildman–Crippen LogP) is 0.192. The second-order valence-corrected chi connectivity index (χ2v) is 4.18. The van der Waals surface area contributed by atoms with Crippen LogP contribution >= 0.6 is 0 Å². The maximum absolute atomic E-state index is 8.52. The second-order valence-electron chi connectivity index (χ2n) is 4.18. The van der Waals surface area contributed by atoms with Crippen LogP contribution in [0.25, 0.3) is 10.4 Å². The van der Waals surface area contributed by atoms with Gasteiger partial charge in [0.1, 0.15) is 12.6 Å². The molecule has 2 atom stereocenters. The lowest BCUT2D eigenvalue weighted by Crippen LogP contribution is -2.66. The first-order chi connectivity index (χ1) is 6.99. The highest BCUT2D eigenvalue weighted by molar-refractivity contribution is 4.78. The van der Waals surface area contributed by atoms with Crippen LogP contribution < -0.4 is 0 Å². The number of nitrogens with zero attached hydrogens (tertiary/aromatic N) is 7. The molecule has 0 amide bonds. The smallest absolute Gasteiger partial charge is 0.146 e. The lowest BCUT2D eigenvalue weighted by Gasteiger charge is -2.50. The van der Waals surface area contributed by atoms with Crippen LogP contribution in [0.3, 0.4) is 0 Å². The monoisotopic (exact) mass is 213 g/mol. The molecule has 2 unspecified atom stereocenters. The van der Waals surface area contributed by atoms with Crippen molar-refractivity contribution in [3.05, 3.63) is 10.4 Å². The van der Waals surface area contributed by atoms with Crippen molar-refractivity contribution in [2.45, 2.75) is 12.6 Å². The zero-order valence-corrected chi connectivity index (χ0v) is 9.99. The van der Waals surface area contributed by atoms with Crippen molar-refractivity contribution in [1.82, 2.24) is 19.6 Å². The van der Waals surface area contributed by atoms with Crippen LogP contribution in [0.5, 0.6) is 0 Å². The molecule has 0 aromatic carbocycles. The molecular formula is C8H19N7. The molecule has 1 heterocycles. The molecule has 0 spiro atoms. The number of rotatable bonds is 2. The summed E-state index contributed by atoms with van der Waals surface area (Å²) in [5.74, 6) is 0. The van der Waals surface area contributed by atoms with E-state index in [0.29, 0.717) is 0 Å². The van der Waals surface area contributed by atoms with Crippen molar-refractivity contribution in [3.63, 3.8) is 0 Å². The minimum Gasteiger partial charge on any atom is -0.282 e. The summed E-state index contributed by atoms with van der Waals surface area (Å²) in [6.45, 7) is 0.775. The van der Waals surface area contributed by atoms with E-state index >= 15 is 0 Å². The van der Waals surface area contributed by atoms with Gasteiger partial charge in [0.15, 0.2) is 0 Å². The third-order valence-corrected chi connectivity index (χ3v) is 2.58. The van der Waals surface area contributed by atoms with E-state index in [1.165, 1.54) is 0 Å². The third kappa shape index (κ3) is 2.39. The lowest BCUT2D eigenvalue weighted by atomic mass is 10.4. The van der Waals surface area contributed by atoms with Crippen LogP contribution in [0.15, 0.2) is 5.11 Å². The summed E-state index contributed by atoms with van der Waals surface area (Å²) in [7, 11) is 9.96. The molecule has 1 aliphatic rings. The highest BCUT2D eigenvalue weighted by Gasteiger charge is 2.35. The molecule has 1 fully saturated rings. The standard InChI is InChI=1S/C8H19N7/c1-12(2)8-14(4)6-13(3)7(10-11-9)15(8)5/h7-8H,6H2,1-5H3. The molecule has 0 aliphatic carbocycles. The quantitative estimate of drug-likeness (QED) is 0.373. The summed E-state index contributed by atoms with van der Waals surface area (Å²) >= 11 is 0. The molecule has 1 rings (SSSR count). The van der Waals surface area contributed by atoms with Crippen molar-refractivity contribution in [2.75, 3.05) is 41.9 Å². The van der Waals surface area contributed by atoms with Gasteiger partial charge in [-0.15, -0.1) is 0 Å². The number of hydrogen-bond donors (Lipinski definition) is 0. The van der Waals surface area contributed by atoms with Gasteiger partial charge < -0.3 is 0 Å². The van der Waals surface area contributed by atoms with Crippen LogP contribution in [0, 0.1) is 0 Å². The fourth-order valence-corrected chi connectivity index (χ4v) is 2.21. The molecule has 15 heavy (non-hydrogen) atoms. The molecule has 0 aromatic rings. The molecule has 0 saturated carbocycles. The highest BCUT2D eigenvalue weighted by Crippen LogP contribution is 2.18. The van der Waals surface area contributed by atoms with Crippen molar-refractivity contribution in [1.29, 1.82) is 0 Å².